The molecule has 1 heterocycles. The quantitative estimate of drug-likeness (QED) is 0.701. The van der Waals surface area contributed by atoms with Gasteiger partial charge in [-0.1, -0.05) is 23.2 Å². The second-order valence-electron chi connectivity index (χ2n) is 3.77. The highest BCUT2D eigenvalue weighted by Crippen LogP contribution is 2.35. The van der Waals surface area contributed by atoms with E-state index in [2.05, 4.69) is 5.10 Å². The molecule has 8 heteroatoms. The van der Waals surface area contributed by atoms with E-state index >= 15 is 0 Å². The summed E-state index contributed by atoms with van der Waals surface area (Å²) in [6.45, 7) is 1.20. The van der Waals surface area contributed by atoms with Gasteiger partial charge in [0.15, 0.2) is 5.69 Å². The molecule has 0 aliphatic heterocycles. The van der Waals surface area contributed by atoms with E-state index in [0.717, 1.165) is 10.7 Å². The molecule has 1 aromatic carbocycles. The summed E-state index contributed by atoms with van der Waals surface area (Å²) in [7, 11) is 0. The van der Waals surface area contributed by atoms with Crippen LogP contribution >= 0.6 is 23.2 Å². The summed E-state index contributed by atoms with van der Waals surface area (Å²) in [5.41, 5.74) is -1.26. The van der Waals surface area contributed by atoms with Gasteiger partial charge in [-0.2, -0.15) is 18.3 Å². The van der Waals surface area contributed by atoms with Crippen LogP contribution in [0.5, 0.6) is 0 Å². The maximum atomic E-state index is 13.3. The number of hydrogen-bond donors (Lipinski definition) is 0. The summed E-state index contributed by atoms with van der Waals surface area (Å²) in [6.07, 6.45) is -4.62. The molecular weight excluding hydrogens is 307 g/mol. The lowest BCUT2D eigenvalue weighted by Gasteiger charge is -2.04. The van der Waals surface area contributed by atoms with Crippen LogP contribution in [0.2, 0.25) is 10.2 Å². The summed E-state index contributed by atoms with van der Waals surface area (Å²) in [4.78, 5) is 0. The Labute approximate surface area is 115 Å². The van der Waals surface area contributed by atoms with Crippen molar-refractivity contribution < 1.29 is 17.6 Å². The van der Waals surface area contributed by atoms with Gasteiger partial charge in [-0.05, 0) is 19.1 Å². The Hall–Kier alpha value is -1.27. The van der Waals surface area contributed by atoms with Crippen LogP contribution in [-0.4, -0.2) is 9.78 Å². The summed E-state index contributed by atoms with van der Waals surface area (Å²) >= 11 is 11.3. The highest BCUT2D eigenvalue weighted by Gasteiger charge is 2.37. The molecule has 19 heavy (non-hydrogen) atoms. The van der Waals surface area contributed by atoms with E-state index in [0.29, 0.717) is 0 Å². The molecule has 0 saturated carbocycles. The Bertz CT molecular complexity index is 634. The molecule has 0 radical (unpaired) electrons. The average molecular weight is 313 g/mol. The SMILES string of the molecule is Cc1c(C(F)(F)F)nn(-c2ccc(Cl)c(F)c2)c1Cl. The first-order chi connectivity index (χ1) is 8.71. The first kappa shape index (κ1) is 14.1. The Morgan fingerprint density at radius 3 is 2.32 bits per heavy atom. The van der Waals surface area contributed by atoms with Crippen LogP contribution in [-0.2, 0) is 6.18 Å². The number of rotatable bonds is 1. The standard InChI is InChI=1S/C11H6Cl2F4N2/c1-5-9(11(15,16)17)18-19(10(5)13)6-2-3-7(12)8(14)4-6/h2-4H,1H3. The van der Waals surface area contributed by atoms with Gasteiger partial charge in [0.05, 0.1) is 10.7 Å². The first-order valence-electron chi connectivity index (χ1n) is 4.99. The molecule has 0 aliphatic rings. The van der Waals surface area contributed by atoms with E-state index in [1.54, 1.807) is 0 Å². The van der Waals surface area contributed by atoms with Gasteiger partial charge >= 0.3 is 6.18 Å². The molecule has 0 unspecified atom stereocenters. The third-order valence-electron chi connectivity index (χ3n) is 2.47. The van der Waals surface area contributed by atoms with Gasteiger partial charge in [-0.25, -0.2) is 9.07 Å². The summed E-state index contributed by atoms with van der Waals surface area (Å²) < 4.78 is 52.1. The van der Waals surface area contributed by atoms with Crippen LogP contribution in [0.4, 0.5) is 17.6 Å². The molecule has 1 aromatic heterocycles. The lowest BCUT2D eigenvalue weighted by molar-refractivity contribution is -0.141. The molecule has 2 aromatic rings. The minimum Gasteiger partial charge on any atom is -0.221 e. The molecular formula is C11H6Cl2F4N2. The van der Waals surface area contributed by atoms with Crippen LogP contribution in [0.3, 0.4) is 0 Å². The van der Waals surface area contributed by atoms with Gasteiger partial charge in [0.1, 0.15) is 11.0 Å². The highest BCUT2D eigenvalue weighted by molar-refractivity contribution is 6.31. The fourth-order valence-corrected chi connectivity index (χ4v) is 1.88. The topological polar surface area (TPSA) is 17.8 Å². The predicted molar refractivity (Wildman–Crippen MR) is 63.3 cm³/mol. The molecule has 0 bridgehead atoms. The van der Waals surface area contributed by atoms with Gasteiger partial charge in [-0.3, -0.25) is 0 Å². The van der Waals surface area contributed by atoms with E-state index in [9.17, 15) is 17.6 Å². The zero-order valence-corrected chi connectivity index (χ0v) is 10.9. The Morgan fingerprint density at radius 2 is 1.84 bits per heavy atom. The van der Waals surface area contributed by atoms with Crippen molar-refractivity contribution in [3.8, 4) is 5.69 Å². The van der Waals surface area contributed by atoms with Crippen molar-refractivity contribution in [2.75, 3.05) is 0 Å². The lowest BCUT2D eigenvalue weighted by Crippen LogP contribution is -2.08. The molecule has 2 rings (SSSR count). The molecule has 0 N–H and O–H groups in total. The van der Waals surface area contributed by atoms with Crippen molar-refractivity contribution in [2.24, 2.45) is 0 Å². The van der Waals surface area contributed by atoms with Gasteiger partial charge in [0.2, 0.25) is 0 Å². The number of nitrogens with zero attached hydrogens (tertiary/aromatic N) is 2. The Balaban J connectivity index is 2.60. The fourth-order valence-electron chi connectivity index (χ4n) is 1.53. The third-order valence-corrected chi connectivity index (χ3v) is 3.22. The van der Waals surface area contributed by atoms with E-state index < -0.39 is 17.7 Å². The van der Waals surface area contributed by atoms with Crippen molar-refractivity contribution in [3.63, 3.8) is 0 Å². The van der Waals surface area contributed by atoms with Gasteiger partial charge < -0.3 is 0 Å². The van der Waals surface area contributed by atoms with Crippen molar-refractivity contribution >= 4 is 23.2 Å². The van der Waals surface area contributed by atoms with Crippen molar-refractivity contribution in [1.82, 2.24) is 9.78 Å². The van der Waals surface area contributed by atoms with Crippen molar-refractivity contribution in [1.29, 1.82) is 0 Å². The fraction of sp³-hybridized carbons (Fsp3) is 0.182. The maximum Gasteiger partial charge on any atom is 0.435 e. The highest BCUT2D eigenvalue weighted by atomic mass is 35.5. The van der Waals surface area contributed by atoms with Gasteiger partial charge in [0.25, 0.3) is 0 Å². The Morgan fingerprint density at radius 1 is 1.21 bits per heavy atom. The molecule has 0 saturated heterocycles. The number of hydrogen-bond acceptors (Lipinski definition) is 1. The van der Waals surface area contributed by atoms with Gasteiger partial charge in [-0.15, -0.1) is 0 Å². The summed E-state index contributed by atoms with van der Waals surface area (Å²) in [5.74, 6) is -0.767. The van der Waals surface area contributed by atoms with E-state index in [-0.39, 0.29) is 21.4 Å². The largest absolute Gasteiger partial charge is 0.435 e. The second-order valence-corrected chi connectivity index (χ2v) is 4.54. The third kappa shape index (κ3) is 2.55. The smallest absolute Gasteiger partial charge is 0.221 e. The average Bonchev–Trinajstić information content (AvgIpc) is 2.60. The maximum absolute atomic E-state index is 13.3. The van der Waals surface area contributed by atoms with Crippen LogP contribution in [0, 0.1) is 12.7 Å². The van der Waals surface area contributed by atoms with E-state index in [1.165, 1.54) is 19.1 Å². The molecule has 0 atom stereocenters. The summed E-state index contributed by atoms with van der Waals surface area (Å²) in [6, 6.07) is 3.50. The Kier molecular flexibility index (Phi) is 3.49. The van der Waals surface area contributed by atoms with Crippen molar-refractivity contribution in [3.05, 3.63) is 45.4 Å². The van der Waals surface area contributed by atoms with Crippen LogP contribution < -0.4 is 0 Å². The first-order valence-corrected chi connectivity index (χ1v) is 5.75. The van der Waals surface area contributed by atoms with E-state index in [1.807, 2.05) is 0 Å². The number of alkyl halides is 3. The zero-order valence-electron chi connectivity index (χ0n) is 9.39. The molecule has 102 valence electrons. The van der Waals surface area contributed by atoms with Crippen molar-refractivity contribution in [2.45, 2.75) is 13.1 Å². The minimum absolute atomic E-state index is 0.0606. The number of halogens is 6. The predicted octanol–water partition coefficient (Wildman–Crippen LogP) is 4.65. The van der Waals surface area contributed by atoms with E-state index in [4.69, 9.17) is 23.2 Å². The van der Waals surface area contributed by atoms with Crippen LogP contribution in [0.15, 0.2) is 18.2 Å². The lowest BCUT2D eigenvalue weighted by atomic mass is 10.3. The molecule has 0 aliphatic carbocycles. The minimum atomic E-state index is -4.62. The molecule has 0 amide bonds. The zero-order chi connectivity index (χ0) is 14.4. The summed E-state index contributed by atoms with van der Waals surface area (Å²) in [5, 5.41) is 3.00. The monoisotopic (exact) mass is 312 g/mol. The molecule has 2 nitrogen and oxygen atoms in total. The number of benzene rings is 1. The van der Waals surface area contributed by atoms with Gasteiger partial charge in [0, 0.05) is 11.6 Å². The van der Waals surface area contributed by atoms with Crippen LogP contribution in [0.1, 0.15) is 11.3 Å². The molecule has 0 spiro atoms. The number of aromatic nitrogens is 2. The molecule has 0 fully saturated rings. The normalized spacial score (nSPS) is 11.9. The second kappa shape index (κ2) is 4.68. The van der Waals surface area contributed by atoms with Crippen LogP contribution in [0.25, 0.3) is 5.69 Å².